The zero-order valence-corrected chi connectivity index (χ0v) is 21.0. The van der Waals surface area contributed by atoms with E-state index in [1.54, 1.807) is 35.6 Å². The van der Waals surface area contributed by atoms with Crippen molar-refractivity contribution in [1.29, 1.82) is 0 Å². The SMILES string of the molecule is Cc1cn2c(CN3CCN(C(=O)COc4ccc(Cl)cc4)CC3)c(-c3ccc(Cl)cc3)nc2s1. The summed E-state index contributed by atoms with van der Waals surface area (Å²) in [5.41, 5.74) is 3.20. The number of fused-ring (bicyclic) bond motifs is 1. The summed E-state index contributed by atoms with van der Waals surface area (Å²) in [6.45, 7) is 5.82. The van der Waals surface area contributed by atoms with Crippen LogP contribution in [0, 0.1) is 6.92 Å². The van der Waals surface area contributed by atoms with Gasteiger partial charge in [-0.15, -0.1) is 11.3 Å². The van der Waals surface area contributed by atoms with Gasteiger partial charge in [0.05, 0.1) is 11.4 Å². The molecule has 1 fully saturated rings. The minimum absolute atomic E-state index is 0.00310. The van der Waals surface area contributed by atoms with Crippen LogP contribution < -0.4 is 4.74 Å². The lowest BCUT2D eigenvalue weighted by molar-refractivity contribution is -0.135. The molecule has 0 spiro atoms. The van der Waals surface area contributed by atoms with Gasteiger partial charge in [-0.25, -0.2) is 4.98 Å². The summed E-state index contributed by atoms with van der Waals surface area (Å²) < 4.78 is 7.82. The predicted octanol–water partition coefficient (Wildman–Crippen LogP) is 5.40. The summed E-state index contributed by atoms with van der Waals surface area (Å²) in [6.07, 6.45) is 2.15. The average Bonchev–Trinajstić information content (AvgIpc) is 3.36. The Morgan fingerprint density at radius 3 is 2.32 bits per heavy atom. The van der Waals surface area contributed by atoms with Gasteiger partial charge in [0, 0.05) is 59.4 Å². The van der Waals surface area contributed by atoms with E-state index in [9.17, 15) is 4.79 Å². The Hall–Kier alpha value is -2.58. The molecule has 0 saturated carbocycles. The van der Waals surface area contributed by atoms with Crippen LogP contribution in [0.4, 0.5) is 0 Å². The molecule has 176 valence electrons. The van der Waals surface area contributed by atoms with E-state index in [-0.39, 0.29) is 12.5 Å². The van der Waals surface area contributed by atoms with Crippen molar-refractivity contribution < 1.29 is 9.53 Å². The van der Waals surface area contributed by atoms with Crippen molar-refractivity contribution in [3.63, 3.8) is 0 Å². The van der Waals surface area contributed by atoms with Crippen molar-refractivity contribution in [3.8, 4) is 17.0 Å². The van der Waals surface area contributed by atoms with Gasteiger partial charge in [-0.2, -0.15) is 0 Å². The lowest BCUT2D eigenvalue weighted by atomic mass is 10.1. The Morgan fingerprint density at radius 1 is 1.00 bits per heavy atom. The Kier molecular flexibility index (Phi) is 6.79. The third-order valence-corrected chi connectivity index (χ3v) is 7.33. The van der Waals surface area contributed by atoms with Gasteiger partial charge in [0.25, 0.3) is 5.91 Å². The second-order valence-corrected chi connectivity index (χ2v) is 10.4. The molecule has 1 aliphatic heterocycles. The highest BCUT2D eigenvalue weighted by Gasteiger charge is 2.24. The highest BCUT2D eigenvalue weighted by molar-refractivity contribution is 7.17. The molecule has 0 aliphatic carbocycles. The number of benzene rings is 2. The molecule has 1 aliphatic rings. The number of rotatable bonds is 6. The molecule has 5 rings (SSSR count). The van der Waals surface area contributed by atoms with Crippen molar-refractivity contribution in [2.75, 3.05) is 32.8 Å². The second-order valence-electron chi connectivity index (χ2n) is 8.31. The largest absolute Gasteiger partial charge is 0.484 e. The molecule has 3 heterocycles. The first kappa shape index (κ1) is 23.2. The van der Waals surface area contributed by atoms with E-state index in [4.69, 9.17) is 32.9 Å². The van der Waals surface area contributed by atoms with Gasteiger partial charge in [0.1, 0.15) is 5.75 Å². The Bertz CT molecular complexity index is 1290. The Labute approximate surface area is 212 Å². The van der Waals surface area contributed by atoms with Crippen molar-refractivity contribution >= 4 is 45.4 Å². The first-order valence-electron chi connectivity index (χ1n) is 11.1. The summed E-state index contributed by atoms with van der Waals surface area (Å²) in [4.78, 5) is 24.0. The van der Waals surface area contributed by atoms with Crippen molar-refractivity contribution in [1.82, 2.24) is 19.2 Å². The van der Waals surface area contributed by atoms with Crippen LogP contribution in [0.5, 0.6) is 5.75 Å². The topological polar surface area (TPSA) is 50.1 Å². The molecule has 34 heavy (non-hydrogen) atoms. The summed E-state index contributed by atoms with van der Waals surface area (Å²) in [5.74, 6) is 0.638. The maximum absolute atomic E-state index is 12.6. The van der Waals surface area contributed by atoms with E-state index in [0.29, 0.717) is 28.9 Å². The van der Waals surface area contributed by atoms with Crippen molar-refractivity contribution in [3.05, 3.63) is 75.3 Å². The van der Waals surface area contributed by atoms with Gasteiger partial charge in [-0.3, -0.25) is 14.1 Å². The van der Waals surface area contributed by atoms with Gasteiger partial charge in [0.15, 0.2) is 11.6 Å². The van der Waals surface area contributed by atoms with Crippen LogP contribution in [0.1, 0.15) is 10.6 Å². The first-order valence-corrected chi connectivity index (χ1v) is 12.7. The van der Waals surface area contributed by atoms with Crippen molar-refractivity contribution in [2.45, 2.75) is 13.5 Å². The van der Waals surface area contributed by atoms with Crippen LogP contribution >= 0.6 is 34.5 Å². The van der Waals surface area contributed by atoms with E-state index < -0.39 is 0 Å². The average molecular weight is 515 g/mol. The van der Waals surface area contributed by atoms with E-state index in [1.165, 1.54) is 4.88 Å². The number of hydrogen-bond donors (Lipinski definition) is 0. The number of carbonyl (C=O) groups is 1. The lowest BCUT2D eigenvalue weighted by Crippen LogP contribution is -2.49. The van der Waals surface area contributed by atoms with E-state index >= 15 is 0 Å². The zero-order valence-electron chi connectivity index (χ0n) is 18.7. The predicted molar refractivity (Wildman–Crippen MR) is 137 cm³/mol. The third kappa shape index (κ3) is 5.08. The van der Waals surface area contributed by atoms with E-state index in [2.05, 4.69) is 22.4 Å². The van der Waals surface area contributed by atoms with Gasteiger partial charge in [-0.1, -0.05) is 35.3 Å². The minimum Gasteiger partial charge on any atom is -0.484 e. The summed E-state index contributed by atoms with van der Waals surface area (Å²) in [5, 5.41) is 1.35. The van der Waals surface area contributed by atoms with Crippen LogP contribution in [-0.2, 0) is 11.3 Å². The molecule has 0 bridgehead atoms. The molecular formula is C25H24Cl2N4O2S. The number of halogens is 2. The lowest BCUT2D eigenvalue weighted by Gasteiger charge is -2.34. The number of aromatic nitrogens is 2. The highest BCUT2D eigenvalue weighted by atomic mass is 35.5. The number of thiazole rings is 1. The molecule has 1 amide bonds. The summed E-state index contributed by atoms with van der Waals surface area (Å²) >= 11 is 13.7. The zero-order chi connectivity index (χ0) is 23.7. The van der Waals surface area contributed by atoms with Crippen LogP contribution in [-0.4, -0.2) is 57.9 Å². The quantitative estimate of drug-likeness (QED) is 0.345. The minimum atomic E-state index is -0.00310. The number of imidazole rings is 1. The molecule has 0 radical (unpaired) electrons. The normalized spacial score (nSPS) is 14.6. The maximum atomic E-state index is 12.6. The smallest absolute Gasteiger partial charge is 0.260 e. The van der Waals surface area contributed by atoms with Crippen molar-refractivity contribution in [2.24, 2.45) is 0 Å². The molecule has 2 aromatic carbocycles. The highest BCUT2D eigenvalue weighted by Crippen LogP contribution is 2.30. The molecule has 0 N–H and O–H groups in total. The number of piperazine rings is 1. The number of hydrogen-bond acceptors (Lipinski definition) is 5. The number of amides is 1. The summed E-state index contributed by atoms with van der Waals surface area (Å²) in [7, 11) is 0. The fourth-order valence-corrected chi connectivity index (χ4v) is 5.22. The molecule has 4 aromatic rings. The van der Waals surface area contributed by atoms with E-state index in [0.717, 1.165) is 41.5 Å². The standard InChI is InChI=1S/C25H24Cl2N4O2S/c1-17-14-31-22(24(28-25(31)34-17)18-2-4-19(26)5-3-18)15-29-10-12-30(13-11-29)23(32)16-33-21-8-6-20(27)7-9-21/h2-9,14H,10-13,15-16H2,1H3. The van der Waals surface area contributed by atoms with Crippen LogP contribution in [0.15, 0.2) is 54.7 Å². The Morgan fingerprint density at radius 2 is 1.65 bits per heavy atom. The number of nitrogens with zero attached hydrogens (tertiary/aromatic N) is 4. The molecular weight excluding hydrogens is 491 g/mol. The molecule has 1 saturated heterocycles. The summed E-state index contributed by atoms with van der Waals surface area (Å²) in [6, 6.07) is 14.9. The van der Waals surface area contributed by atoms with Gasteiger partial charge in [0.2, 0.25) is 0 Å². The van der Waals surface area contributed by atoms with Crippen LogP contribution in [0.3, 0.4) is 0 Å². The first-order chi connectivity index (χ1) is 16.5. The monoisotopic (exact) mass is 514 g/mol. The third-order valence-electron chi connectivity index (χ3n) is 5.93. The van der Waals surface area contributed by atoms with Gasteiger partial charge >= 0.3 is 0 Å². The second kappa shape index (κ2) is 9.96. The fraction of sp³-hybridized carbons (Fsp3) is 0.280. The molecule has 0 atom stereocenters. The molecule has 2 aromatic heterocycles. The van der Waals surface area contributed by atoms with Crippen LogP contribution in [0.2, 0.25) is 10.0 Å². The maximum Gasteiger partial charge on any atom is 0.260 e. The Balaban J connectivity index is 1.24. The number of carbonyl (C=O) groups excluding carboxylic acids is 1. The van der Waals surface area contributed by atoms with E-state index in [1.807, 2.05) is 29.2 Å². The molecule has 6 nitrogen and oxygen atoms in total. The number of ether oxygens (including phenoxy) is 1. The number of aryl methyl sites for hydroxylation is 1. The van der Waals surface area contributed by atoms with Crippen LogP contribution in [0.25, 0.3) is 16.2 Å². The molecule has 9 heteroatoms. The van der Waals surface area contributed by atoms with Gasteiger partial charge < -0.3 is 9.64 Å². The van der Waals surface area contributed by atoms with Gasteiger partial charge in [-0.05, 0) is 43.3 Å². The molecule has 0 unspecified atom stereocenters. The fourth-order valence-electron chi connectivity index (χ4n) is 4.13.